The van der Waals surface area contributed by atoms with Crippen LogP contribution in [0.3, 0.4) is 0 Å². The standard InChI is InChI=1S/C24H25N3O4S/c1-15(22(28)25-16-10-11-20-21(14-16)31-13-12-30-20)32-24-26-19-9-5-4-8-18(19)23(29)27(24)17-6-2-3-7-17/h4-5,8-11,14-15,17H,2-3,6-7,12-13H2,1H3,(H,25,28)/t15-/m1/s1. The number of fused-ring (bicyclic) bond motifs is 2. The van der Waals surface area contributed by atoms with Crippen LogP contribution in [0.4, 0.5) is 5.69 Å². The molecular formula is C24H25N3O4S. The highest BCUT2D eigenvalue weighted by Crippen LogP contribution is 2.35. The summed E-state index contributed by atoms with van der Waals surface area (Å²) >= 11 is 1.33. The van der Waals surface area contributed by atoms with Gasteiger partial charge < -0.3 is 14.8 Å². The minimum absolute atomic E-state index is 0.0237. The predicted octanol–water partition coefficient (Wildman–Crippen LogP) is 4.40. The number of hydrogen-bond acceptors (Lipinski definition) is 6. The Morgan fingerprint density at radius 3 is 2.69 bits per heavy atom. The Morgan fingerprint density at radius 2 is 1.88 bits per heavy atom. The average Bonchev–Trinajstić information content (AvgIpc) is 3.33. The second-order valence-electron chi connectivity index (χ2n) is 8.13. The Balaban J connectivity index is 1.40. The molecule has 166 valence electrons. The van der Waals surface area contributed by atoms with Crippen LogP contribution in [0.5, 0.6) is 11.5 Å². The number of nitrogens with one attached hydrogen (secondary N) is 1. The number of rotatable bonds is 5. The molecule has 2 aromatic carbocycles. The molecule has 1 aromatic heterocycles. The first-order valence-electron chi connectivity index (χ1n) is 11.0. The van der Waals surface area contributed by atoms with E-state index in [1.165, 1.54) is 11.8 Å². The van der Waals surface area contributed by atoms with Gasteiger partial charge in [0.1, 0.15) is 13.2 Å². The summed E-state index contributed by atoms with van der Waals surface area (Å²) in [6.07, 6.45) is 4.14. The molecular weight excluding hydrogens is 426 g/mol. The van der Waals surface area contributed by atoms with Crippen molar-refractivity contribution in [3.63, 3.8) is 0 Å². The predicted molar refractivity (Wildman–Crippen MR) is 125 cm³/mol. The Hall–Kier alpha value is -3.00. The van der Waals surface area contributed by atoms with Gasteiger partial charge in [-0.15, -0.1) is 0 Å². The SMILES string of the molecule is C[C@@H](Sc1nc2ccccc2c(=O)n1C1CCCC1)C(=O)Nc1ccc2c(c1)OCCO2. The van der Waals surface area contributed by atoms with Gasteiger partial charge in [0, 0.05) is 17.8 Å². The number of benzene rings is 2. The van der Waals surface area contributed by atoms with Gasteiger partial charge in [0.05, 0.1) is 16.2 Å². The van der Waals surface area contributed by atoms with Gasteiger partial charge in [-0.25, -0.2) is 4.98 Å². The molecule has 1 aliphatic carbocycles. The van der Waals surface area contributed by atoms with E-state index >= 15 is 0 Å². The zero-order valence-corrected chi connectivity index (χ0v) is 18.7. The summed E-state index contributed by atoms with van der Waals surface area (Å²) in [6, 6.07) is 12.9. The molecule has 1 saturated carbocycles. The summed E-state index contributed by atoms with van der Waals surface area (Å²) in [5, 5.41) is 3.73. The Kier molecular flexibility index (Phi) is 5.78. The minimum atomic E-state index is -0.441. The summed E-state index contributed by atoms with van der Waals surface area (Å²) in [6.45, 7) is 2.84. The number of anilines is 1. The number of nitrogens with zero attached hydrogens (tertiary/aromatic N) is 2. The molecule has 8 heteroatoms. The molecule has 0 spiro atoms. The molecule has 7 nitrogen and oxygen atoms in total. The number of carbonyl (C=O) groups excluding carboxylic acids is 1. The minimum Gasteiger partial charge on any atom is -0.486 e. The van der Waals surface area contributed by atoms with Crippen molar-refractivity contribution in [3.05, 3.63) is 52.8 Å². The molecule has 2 aliphatic rings. The van der Waals surface area contributed by atoms with Crippen molar-refractivity contribution in [3.8, 4) is 11.5 Å². The van der Waals surface area contributed by atoms with Gasteiger partial charge in [0.15, 0.2) is 16.7 Å². The van der Waals surface area contributed by atoms with Crippen LogP contribution in [0, 0.1) is 0 Å². The van der Waals surface area contributed by atoms with Crippen molar-refractivity contribution >= 4 is 34.3 Å². The molecule has 32 heavy (non-hydrogen) atoms. The van der Waals surface area contributed by atoms with Crippen LogP contribution in [-0.2, 0) is 4.79 Å². The van der Waals surface area contributed by atoms with E-state index < -0.39 is 5.25 Å². The molecule has 3 aromatic rings. The molecule has 0 saturated heterocycles. The highest BCUT2D eigenvalue weighted by Gasteiger charge is 2.26. The zero-order valence-electron chi connectivity index (χ0n) is 17.9. The topological polar surface area (TPSA) is 82.5 Å². The Morgan fingerprint density at radius 1 is 1.12 bits per heavy atom. The number of para-hydroxylation sites is 1. The monoisotopic (exact) mass is 451 g/mol. The number of aromatic nitrogens is 2. The first kappa shape index (κ1) is 20.9. The first-order valence-corrected chi connectivity index (χ1v) is 11.9. The van der Waals surface area contributed by atoms with Crippen LogP contribution in [-0.4, -0.2) is 33.9 Å². The third-order valence-corrected chi connectivity index (χ3v) is 6.99. The molecule has 1 fully saturated rings. The van der Waals surface area contributed by atoms with Crippen LogP contribution >= 0.6 is 11.8 Å². The lowest BCUT2D eigenvalue weighted by molar-refractivity contribution is -0.115. The highest BCUT2D eigenvalue weighted by molar-refractivity contribution is 8.00. The maximum Gasteiger partial charge on any atom is 0.262 e. The van der Waals surface area contributed by atoms with E-state index in [1.807, 2.05) is 35.8 Å². The van der Waals surface area contributed by atoms with Crippen LogP contribution < -0.4 is 20.3 Å². The number of carbonyl (C=O) groups is 1. The molecule has 0 radical (unpaired) electrons. The van der Waals surface area contributed by atoms with E-state index in [9.17, 15) is 9.59 Å². The molecule has 1 amide bonds. The number of thioether (sulfide) groups is 1. The maximum atomic E-state index is 13.3. The number of amides is 1. The van der Waals surface area contributed by atoms with E-state index in [2.05, 4.69) is 5.32 Å². The summed E-state index contributed by atoms with van der Waals surface area (Å²) in [5.74, 6) is 1.14. The molecule has 0 unspecified atom stereocenters. The highest BCUT2D eigenvalue weighted by atomic mass is 32.2. The van der Waals surface area contributed by atoms with E-state index in [0.717, 1.165) is 25.7 Å². The lowest BCUT2D eigenvalue weighted by atomic mass is 10.2. The van der Waals surface area contributed by atoms with Crippen molar-refractivity contribution in [1.29, 1.82) is 0 Å². The fourth-order valence-electron chi connectivity index (χ4n) is 4.27. The van der Waals surface area contributed by atoms with Crippen LogP contribution in [0.15, 0.2) is 52.4 Å². The fraction of sp³-hybridized carbons (Fsp3) is 0.375. The average molecular weight is 452 g/mol. The third kappa shape index (κ3) is 4.07. The summed E-state index contributed by atoms with van der Waals surface area (Å²) in [4.78, 5) is 31.0. The van der Waals surface area contributed by atoms with Gasteiger partial charge in [-0.2, -0.15) is 0 Å². The quantitative estimate of drug-likeness (QED) is 0.457. The van der Waals surface area contributed by atoms with Crippen LogP contribution in [0.1, 0.15) is 38.6 Å². The lowest BCUT2D eigenvalue weighted by Crippen LogP contribution is -2.29. The largest absolute Gasteiger partial charge is 0.486 e. The van der Waals surface area contributed by atoms with Crippen molar-refractivity contribution in [2.75, 3.05) is 18.5 Å². The second kappa shape index (κ2) is 8.86. The van der Waals surface area contributed by atoms with Crippen LogP contribution in [0.25, 0.3) is 10.9 Å². The second-order valence-corrected chi connectivity index (χ2v) is 9.44. The molecule has 5 rings (SSSR count). The smallest absolute Gasteiger partial charge is 0.262 e. The lowest BCUT2D eigenvalue weighted by Gasteiger charge is -2.21. The third-order valence-electron chi connectivity index (χ3n) is 5.93. The van der Waals surface area contributed by atoms with Gasteiger partial charge >= 0.3 is 0 Å². The number of hydrogen-bond donors (Lipinski definition) is 1. The summed E-state index contributed by atoms with van der Waals surface area (Å²) in [5.41, 5.74) is 1.28. The van der Waals surface area contributed by atoms with Gasteiger partial charge in [0.2, 0.25) is 5.91 Å². The van der Waals surface area contributed by atoms with E-state index in [-0.39, 0.29) is 17.5 Å². The van der Waals surface area contributed by atoms with Crippen molar-refractivity contribution < 1.29 is 14.3 Å². The zero-order chi connectivity index (χ0) is 22.1. The normalized spacial score (nSPS) is 16.8. The van der Waals surface area contributed by atoms with Gasteiger partial charge in [-0.05, 0) is 44.0 Å². The van der Waals surface area contributed by atoms with Gasteiger partial charge in [-0.1, -0.05) is 36.7 Å². The Labute approximate surface area is 190 Å². The molecule has 1 N–H and O–H groups in total. The summed E-state index contributed by atoms with van der Waals surface area (Å²) in [7, 11) is 0. The number of ether oxygens (including phenoxy) is 2. The van der Waals surface area contributed by atoms with Crippen molar-refractivity contribution in [2.45, 2.75) is 49.1 Å². The van der Waals surface area contributed by atoms with Gasteiger partial charge in [-0.3, -0.25) is 14.2 Å². The maximum absolute atomic E-state index is 13.3. The van der Waals surface area contributed by atoms with E-state index in [0.29, 0.717) is 46.5 Å². The van der Waals surface area contributed by atoms with Crippen molar-refractivity contribution in [2.24, 2.45) is 0 Å². The Bertz CT molecular complexity index is 1220. The first-order chi connectivity index (χ1) is 15.6. The summed E-state index contributed by atoms with van der Waals surface area (Å²) < 4.78 is 12.9. The van der Waals surface area contributed by atoms with Crippen LogP contribution in [0.2, 0.25) is 0 Å². The molecule has 2 heterocycles. The molecule has 1 atom stereocenters. The molecule has 1 aliphatic heterocycles. The molecule has 0 bridgehead atoms. The van der Waals surface area contributed by atoms with E-state index in [1.54, 1.807) is 18.2 Å². The van der Waals surface area contributed by atoms with E-state index in [4.69, 9.17) is 14.5 Å². The van der Waals surface area contributed by atoms with Crippen molar-refractivity contribution in [1.82, 2.24) is 9.55 Å². The fourth-order valence-corrected chi connectivity index (χ4v) is 5.25. The van der Waals surface area contributed by atoms with Gasteiger partial charge in [0.25, 0.3) is 5.56 Å².